The van der Waals surface area contributed by atoms with Gasteiger partial charge in [0.05, 0.1) is 0 Å². The fourth-order valence-corrected chi connectivity index (χ4v) is 0. The molecule has 0 fully saturated rings. The van der Waals surface area contributed by atoms with Crippen LogP contribution in [-0.4, -0.2) is 7.05 Å². The van der Waals surface area contributed by atoms with Crippen molar-refractivity contribution in [2.75, 3.05) is 7.05 Å². The quantitative estimate of drug-likeness (QED) is 0.370. The van der Waals surface area contributed by atoms with Gasteiger partial charge in [0, 0.05) is 16.8 Å². The fraction of sp³-hybridized carbons (Fsp3) is 1.00. The van der Waals surface area contributed by atoms with Gasteiger partial charge in [-0.1, -0.05) is 0 Å². The second-order valence-corrected chi connectivity index (χ2v) is 0.0745. The second-order valence-electron chi connectivity index (χ2n) is 0.0745. The van der Waals surface area contributed by atoms with E-state index in [1.165, 1.54) is 7.05 Å². The number of hydrogen-bond acceptors (Lipinski definition) is 4. The van der Waals surface area contributed by atoms with Gasteiger partial charge in [-0.25, -0.2) is 0 Å². The molecule has 0 aliphatic rings. The van der Waals surface area contributed by atoms with E-state index >= 15 is 0 Å². The molecule has 0 saturated heterocycles. The summed E-state index contributed by atoms with van der Waals surface area (Å²) in [5.41, 5.74) is 4.50. The van der Waals surface area contributed by atoms with Gasteiger partial charge in [-0.2, -0.15) is 0 Å². The Morgan fingerprint density at radius 3 is 1.67 bits per heavy atom. The molecule has 5 heteroatoms. The van der Waals surface area contributed by atoms with E-state index in [0.29, 0.717) is 0 Å². The predicted molar refractivity (Wildman–Crippen MR) is 19.3 cm³/mol. The van der Waals surface area contributed by atoms with Crippen LogP contribution in [0.3, 0.4) is 0 Å². The summed E-state index contributed by atoms with van der Waals surface area (Å²) in [6.07, 6.45) is 0. The van der Waals surface area contributed by atoms with Crippen LogP contribution in [-0.2, 0) is 16.8 Å². The first kappa shape index (κ1) is 16.9. The van der Waals surface area contributed by atoms with Crippen molar-refractivity contribution in [1.82, 2.24) is 0 Å². The van der Waals surface area contributed by atoms with Crippen LogP contribution >= 0.6 is 0 Å². The molecule has 0 bridgehead atoms. The maximum Gasteiger partial charge on any atom is 0 e. The molecular weight excluding hydrogens is 131 g/mol. The standard InChI is InChI=1S/CH5N.Co.HNO2/c1-2;;2-1-3/h2H2,1H3;;(H,2,3)/p-1. The van der Waals surface area contributed by atoms with E-state index in [1.807, 2.05) is 0 Å². The van der Waals surface area contributed by atoms with Crippen molar-refractivity contribution in [2.45, 2.75) is 0 Å². The first-order valence-electron chi connectivity index (χ1n) is 0.942. The molecule has 6 heavy (non-hydrogen) atoms. The predicted octanol–water partition coefficient (Wildman–Crippen LogP) is -0.177. The van der Waals surface area contributed by atoms with Crippen molar-refractivity contribution < 1.29 is 16.8 Å². The van der Waals surface area contributed by atoms with Crippen LogP contribution in [0.4, 0.5) is 0 Å². The summed E-state index contributed by atoms with van der Waals surface area (Å²) in [7, 11) is 1.50. The smallest absolute Gasteiger partial charge is 0 e. The largest absolute Gasteiger partial charge is 0.444 e. The van der Waals surface area contributed by atoms with Gasteiger partial charge in [0.1, 0.15) is 0 Å². The Hall–Kier alpha value is -0.134. The minimum absolute atomic E-state index is 0. The van der Waals surface area contributed by atoms with Crippen LogP contribution in [0.15, 0.2) is 5.34 Å². The summed E-state index contributed by atoms with van der Waals surface area (Å²) in [6, 6.07) is 0. The summed E-state index contributed by atoms with van der Waals surface area (Å²) >= 11 is 0. The van der Waals surface area contributed by atoms with E-state index in [1.54, 1.807) is 0 Å². The Bertz CT molecular complexity index is 19.0. The third kappa shape index (κ3) is 1780. The Morgan fingerprint density at radius 2 is 1.67 bits per heavy atom. The van der Waals surface area contributed by atoms with Crippen molar-refractivity contribution >= 4 is 0 Å². The van der Waals surface area contributed by atoms with E-state index in [4.69, 9.17) is 10.1 Å². The molecule has 0 aliphatic carbocycles. The topological polar surface area (TPSA) is 78.5 Å². The number of nitrogens with zero attached hydrogens (tertiary/aromatic N) is 1. The van der Waals surface area contributed by atoms with Gasteiger partial charge in [0.25, 0.3) is 0 Å². The zero-order chi connectivity index (χ0) is 4.71. The minimum Gasteiger partial charge on any atom is -0.444 e. The molecule has 0 aliphatic heterocycles. The molecule has 0 aromatic heterocycles. The molecule has 0 heterocycles. The Balaban J connectivity index is -0.0000000275. The third-order valence-electron chi connectivity index (χ3n) is 0. The Kier molecular flexibility index (Phi) is 273. The fourth-order valence-electron chi connectivity index (χ4n) is 0. The molecule has 4 nitrogen and oxygen atoms in total. The maximum atomic E-state index is 8.00. The molecule has 0 amide bonds. The van der Waals surface area contributed by atoms with Gasteiger partial charge in [-0.15, -0.1) is 5.34 Å². The zero-order valence-electron chi connectivity index (χ0n) is 3.17. The van der Waals surface area contributed by atoms with Gasteiger partial charge in [-0.3, -0.25) is 0 Å². The molecule has 0 spiro atoms. The Labute approximate surface area is 45.8 Å². The van der Waals surface area contributed by atoms with Crippen LogP contribution in [0.2, 0.25) is 0 Å². The Morgan fingerprint density at radius 1 is 1.67 bits per heavy atom. The average Bonchev–Trinajstić information content (AvgIpc) is 1.46. The van der Waals surface area contributed by atoms with E-state index in [0.717, 1.165) is 5.34 Å². The molecular formula is CH5CoN2O2-. The minimum atomic E-state index is 0. The molecule has 0 rings (SSSR count). The normalized spacial score (nSPS) is 3.00. The molecule has 0 unspecified atom stereocenters. The number of nitrogens with two attached hydrogens (primary N) is 1. The van der Waals surface area contributed by atoms with Crippen LogP contribution in [0.25, 0.3) is 0 Å². The summed E-state index contributed by atoms with van der Waals surface area (Å²) in [4.78, 5) is 8.00. The van der Waals surface area contributed by atoms with Gasteiger partial charge in [-0.05, 0) is 7.05 Å². The molecule has 0 saturated carbocycles. The first-order valence-corrected chi connectivity index (χ1v) is 0.942. The van der Waals surface area contributed by atoms with Crippen LogP contribution in [0.1, 0.15) is 0 Å². The SMILES string of the molecule is CN.O=N[O-].[Co]. The van der Waals surface area contributed by atoms with E-state index in [9.17, 15) is 0 Å². The molecule has 0 aromatic carbocycles. The number of rotatable bonds is 0. The van der Waals surface area contributed by atoms with Crippen molar-refractivity contribution in [3.8, 4) is 0 Å². The van der Waals surface area contributed by atoms with Gasteiger partial charge < -0.3 is 15.8 Å². The zero-order valence-corrected chi connectivity index (χ0v) is 4.22. The molecule has 1 radical (unpaired) electrons. The molecule has 2 N–H and O–H groups in total. The van der Waals surface area contributed by atoms with Gasteiger partial charge in [0.2, 0.25) is 0 Å². The number of hydrogen-bond donors (Lipinski definition) is 1. The monoisotopic (exact) mass is 136 g/mol. The summed E-state index contributed by atoms with van der Waals surface area (Å²) in [6.45, 7) is 0. The molecule has 0 aromatic rings. The van der Waals surface area contributed by atoms with Crippen molar-refractivity contribution in [2.24, 2.45) is 11.1 Å². The van der Waals surface area contributed by atoms with Crippen LogP contribution in [0.5, 0.6) is 0 Å². The van der Waals surface area contributed by atoms with E-state index in [2.05, 4.69) is 5.73 Å². The maximum absolute atomic E-state index is 8.00. The first-order chi connectivity index (χ1) is 2.41. The van der Waals surface area contributed by atoms with Crippen molar-refractivity contribution in [3.63, 3.8) is 0 Å². The van der Waals surface area contributed by atoms with Crippen molar-refractivity contribution in [1.29, 1.82) is 0 Å². The molecule has 41 valence electrons. The average molecular weight is 136 g/mol. The van der Waals surface area contributed by atoms with Crippen LogP contribution < -0.4 is 5.73 Å². The van der Waals surface area contributed by atoms with E-state index in [-0.39, 0.29) is 16.8 Å². The summed E-state index contributed by atoms with van der Waals surface area (Å²) in [5.74, 6) is 0. The van der Waals surface area contributed by atoms with Crippen molar-refractivity contribution in [3.05, 3.63) is 10.1 Å². The van der Waals surface area contributed by atoms with Gasteiger partial charge in [0.15, 0.2) is 0 Å². The third-order valence-corrected chi connectivity index (χ3v) is 0. The second kappa shape index (κ2) is 96.9. The van der Waals surface area contributed by atoms with E-state index < -0.39 is 0 Å². The van der Waals surface area contributed by atoms with Gasteiger partial charge >= 0.3 is 0 Å². The summed E-state index contributed by atoms with van der Waals surface area (Å²) < 4.78 is 0. The summed E-state index contributed by atoms with van der Waals surface area (Å²) in [5, 5.41) is 9.00. The van der Waals surface area contributed by atoms with Crippen LogP contribution in [0, 0.1) is 10.1 Å². The molecule has 0 atom stereocenters.